The summed E-state index contributed by atoms with van der Waals surface area (Å²) in [7, 11) is 0. The minimum Gasteiger partial charge on any atom is -0.486 e. The van der Waals surface area contributed by atoms with Crippen LogP contribution in [0.4, 0.5) is 0 Å². The zero-order chi connectivity index (χ0) is 13.9. The number of carbonyl (C=O) groups is 1. The van der Waals surface area contributed by atoms with Gasteiger partial charge in [0.2, 0.25) is 0 Å². The fourth-order valence-electron chi connectivity index (χ4n) is 2.41. The highest BCUT2D eigenvalue weighted by atomic mass is 79.9. The Bertz CT molecular complexity index is 508. The molecule has 1 unspecified atom stereocenters. The number of fused-ring (bicyclic) bond motifs is 1. The van der Waals surface area contributed by atoms with Gasteiger partial charge in [0.25, 0.3) is 5.91 Å². The van der Waals surface area contributed by atoms with Gasteiger partial charge in [0.1, 0.15) is 13.2 Å². The smallest absolute Gasteiger partial charge is 0.257 e. The summed E-state index contributed by atoms with van der Waals surface area (Å²) in [6, 6.07) is 5.43. The average Bonchev–Trinajstić information content (AvgIpc) is 2.53. The zero-order valence-electron chi connectivity index (χ0n) is 11.0. The number of halogens is 1. The van der Waals surface area contributed by atoms with Gasteiger partial charge in [-0.15, -0.1) is 0 Å². The highest BCUT2D eigenvalue weighted by Crippen LogP contribution is 2.34. The molecule has 0 bridgehead atoms. The Balaban J connectivity index is 1.83. The van der Waals surface area contributed by atoms with E-state index in [0.717, 1.165) is 5.33 Å². The third kappa shape index (κ3) is 2.62. The summed E-state index contributed by atoms with van der Waals surface area (Å²) < 4.78 is 16.7. The molecule has 0 spiro atoms. The van der Waals surface area contributed by atoms with E-state index in [1.54, 1.807) is 6.07 Å². The Labute approximate surface area is 125 Å². The molecule has 1 aromatic carbocycles. The number of para-hydroxylation sites is 1. The molecule has 0 N–H and O–H groups in total. The van der Waals surface area contributed by atoms with E-state index >= 15 is 0 Å². The number of ether oxygens (including phenoxy) is 3. The van der Waals surface area contributed by atoms with Crippen LogP contribution >= 0.6 is 15.9 Å². The van der Waals surface area contributed by atoms with Crippen molar-refractivity contribution in [2.75, 3.05) is 38.2 Å². The van der Waals surface area contributed by atoms with Crippen molar-refractivity contribution in [1.29, 1.82) is 0 Å². The lowest BCUT2D eigenvalue weighted by Crippen LogP contribution is -2.46. The van der Waals surface area contributed by atoms with E-state index in [2.05, 4.69) is 15.9 Å². The molecular formula is C14H16BrNO4. The van der Waals surface area contributed by atoms with Crippen LogP contribution in [0.5, 0.6) is 11.5 Å². The van der Waals surface area contributed by atoms with Gasteiger partial charge < -0.3 is 19.1 Å². The number of amides is 1. The first-order valence-corrected chi connectivity index (χ1v) is 7.77. The molecule has 0 aliphatic carbocycles. The van der Waals surface area contributed by atoms with E-state index in [9.17, 15) is 4.79 Å². The van der Waals surface area contributed by atoms with Crippen LogP contribution in [-0.2, 0) is 4.74 Å². The minimum atomic E-state index is -0.0263. The van der Waals surface area contributed by atoms with Crippen molar-refractivity contribution in [2.24, 2.45) is 0 Å². The summed E-state index contributed by atoms with van der Waals surface area (Å²) in [4.78, 5) is 14.5. The van der Waals surface area contributed by atoms with E-state index < -0.39 is 0 Å². The Morgan fingerprint density at radius 1 is 1.30 bits per heavy atom. The highest BCUT2D eigenvalue weighted by Gasteiger charge is 2.28. The molecule has 3 rings (SSSR count). The predicted octanol–water partition coefficient (Wildman–Crippen LogP) is 1.69. The standard InChI is InChI=1S/C14H16BrNO4/c15-8-10-9-16(4-5-18-10)14(17)11-2-1-3-12-13(11)20-7-6-19-12/h1-3,10H,4-9H2. The van der Waals surface area contributed by atoms with Gasteiger partial charge >= 0.3 is 0 Å². The van der Waals surface area contributed by atoms with Gasteiger partial charge in [-0.1, -0.05) is 22.0 Å². The van der Waals surface area contributed by atoms with Crippen LogP contribution in [0.2, 0.25) is 0 Å². The SMILES string of the molecule is O=C(c1cccc2c1OCCO2)N1CCOC(CBr)C1. The molecule has 1 amide bonds. The molecule has 1 fully saturated rings. The van der Waals surface area contributed by atoms with E-state index in [1.807, 2.05) is 17.0 Å². The van der Waals surface area contributed by atoms with Crippen molar-refractivity contribution in [3.05, 3.63) is 23.8 Å². The van der Waals surface area contributed by atoms with Crippen LogP contribution in [0, 0.1) is 0 Å². The number of rotatable bonds is 2. The lowest BCUT2D eigenvalue weighted by Gasteiger charge is -2.33. The highest BCUT2D eigenvalue weighted by molar-refractivity contribution is 9.09. The molecule has 1 atom stereocenters. The number of morpholine rings is 1. The van der Waals surface area contributed by atoms with Crippen LogP contribution in [0.3, 0.4) is 0 Å². The summed E-state index contributed by atoms with van der Waals surface area (Å²) in [6.07, 6.45) is 0.0457. The average molecular weight is 342 g/mol. The fourth-order valence-corrected chi connectivity index (χ4v) is 2.80. The van der Waals surface area contributed by atoms with Crippen LogP contribution in [0.1, 0.15) is 10.4 Å². The van der Waals surface area contributed by atoms with Crippen LogP contribution < -0.4 is 9.47 Å². The first-order valence-electron chi connectivity index (χ1n) is 6.65. The maximum absolute atomic E-state index is 12.7. The molecular weight excluding hydrogens is 326 g/mol. The third-order valence-corrected chi connectivity index (χ3v) is 4.12. The molecule has 0 aromatic heterocycles. The van der Waals surface area contributed by atoms with Crippen molar-refractivity contribution in [3.8, 4) is 11.5 Å². The summed E-state index contributed by atoms with van der Waals surface area (Å²) in [5.41, 5.74) is 0.567. The van der Waals surface area contributed by atoms with E-state index in [1.165, 1.54) is 0 Å². The molecule has 2 aliphatic heterocycles. The molecule has 2 heterocycles. The minimum absolute atomic E-state index is 0.0263. The topological polar surface area (TPSA) is 48.0 Å². The largest absolute Gasteiger partial charge is 0.486 e. The Hall–Kier alpha value is -1.27. The normalized spacial score (nSPS) is 21.6. The van der Waals surface area contributed by atoms with E-state index in [-0.39, 0.29) is 12.0 Å². The quantitative estimate of drug-likeness (QED) is 0.768. The number of hydrogen-bond donors (Lipinski definition) is 0. The van der Waals surface area contributed by atoms with Crippen LogP contribution in [0.25, 0.3) is 0 Å². The number of nitrogens with zero attached hydrogens (tertiary/aromatic N) is 1. The first kappa shape index (κ1) is 13.7. The predicted molar refractivity (Wildman–Crippen MR) is 76.9 cm³/mol. The summed E-state index contributed by atoms with van der Waals surface area (Å²) in [5.74, 6) is 1.18. The molecule has 6 heteroatoms. The maximum Gasteiger partial charge on any atom is 0.257 e. The van der Waals surface area contributed by atoms with Crippen molar-refractivity contribution in [1.82, 2.24) is 4.90 Å². The van der Waals surface area contributed by atoms with Gasteiger partial charge in [-0.3, -0.25) is 4.79 Å². The third-order valence-electron chi connectivity index (χ3n) is 3.39. The molecule has 0 saturated carbocycles. The molecule has 108 valence electrons. The molecule has 1 saturated heterocycles. The number of hydrogen-bond acceptors (Lipinski definition) is 4. The lowest BCUT2D eigenvalue weighted by atomic mass is 10.1. The van der Waals surface area contributed by atoms with Gasteiger partial charge in [-0.2, -0.15) is 0 Å². The number of alkyl halides is 1. The van der Waals surface area contributed by atoms with Gasteiger partial charge in [0, 0.05) is 18.4 Å². The first-order chi connectivity index (χ1) is 9.79. The zero-order valence-corrected chi connectivity index (χ0v) is 12.6. The molecule has 20 heavy (non-hydrogen) atoms. The maximum atomic E-state index is 12.7. The Morgan fingerprint density at radius 3 is 3.00 bits per heavy atom. The monoisotopic (exact) mass is 341 g/mol. The fraction of sp³-hybridized carbons (Fsp3) is 0.500. The van der Waals surface area contributed by atoms with Crippen molar-refractivity contribution < 1.29 is 19.0 Å². The molecule has 2 aliphatic rings. The van der Waals surface area contributed by atoms with Gasteiger partial charge in [0.05, 0.1) is 18.3 Å². The van der Waals surface area contributed by atoms with Crippen LogP contribution in [-0.4, -0.2) is 55.2 Å². The van der Waals surface area contributed by atoms with Gasteiger partial charge in [-0.05, 0) is 12.1 Å². The van der Waals surface area contributed by atoms with Crippen molar-refractivity contribution >= 4 is 21.8 Å². The lowest BCUT2D eigenvalue weighted by molar-refractivity contribution is -0.00986. The molecule has 5 nitrogen and oxygen atoms in total. The molecule has 0 radical (unpaired) electrons. The second-order valence-electron chi connectivity index (χ2n) is 4.73. The van der Waals surface area contributed by atoms with Gasteiger partial charge in [0.15, 0.2) is 11.5 Å². The number of benzene rings is 1. The second-order valence-corrected chi connectivity index (χ2v) is 5.38. The summed E-state index contributed by atoms with van der Waals surface area (Å²) in [6.45, 7) is 2.76. The second kappa shape index (κ2) is 6.01. The van der Waals surface area contributed by atoms with E-state index in [4.69, 9.17) is 14.2 Å². The summed E-state index contributed by atoms with van der Waals surface area (Å²) in [5, 5.41) is 0.725. The van der Waals surface area contributed by atoms with E-state index in [0.29, 0.717) is 50.0 Å². The van der Waals surface area contributed by atoms with Crippen molar-refractivity contribution in [2.45, 2.75) is 6.10 Å². The Kier molecular flexibility index (Phi) is 4.12. The van der Waals surface area contributed by atoms with Crippen molar-refractivity contribution in [3.63, 3.8) is 0 Å². The van der Waals surface area contributed by atoms with Crippen LogP contribution in [0.15, 0.2) is 18.2 Å². The van der Waals surface area contributed by atoms with Gasteiger partial charge in [-0.25, -0.2) is 0 Å². The number of carbonyl (C=O) groups excluding carboxylic acids is 1. The Morgan fingerprint density at radius 2 is 2.15 bits per heavy atom. The summed E-state index contributed by atoms with van der Waals surface area (Å²) >= 11 is 3.40. The molecule has 1 aromatic rings.